The lowest BCUT2D eigenvalue weighted by atomic mass is 9.78. The molecule has 1 aliphatic heterocycles. The predicted octanol–water partition coefficient (Wildman–Crippen LogP) is 6.37. The van der Waals surface area contributed by atoms with Crippen LogP contribution in [-0.4, -0.2) is 35.1 Å². The molecule has 0 saturated carbocycles. The lowest BCUT2D eigenvalue weighted by Crippen LogP contribution is -2.41. The van der Waals surface area contributed by atoms with Crippen LogP contribution in [-0.2, 0) is 26.0 Å². The Hall–Kier alpha value is -4.08. The third-order valence-electron chi connectivity index (χ3n) is 7.93. The summed E-state index contributed by atoms with van der Waals surface area (Å²) in [6.07, 6.45) is 3.49. The monoisotopic (exact) mass is 585 g/mol. The molecule has 1 aliphatic rings. The second kappa shape index (κ2) is 12.0. The number of hydrogen-bond acceptors (Lipinski definition) is 7. The van der Waals surface area contributed by atoms with E-state index in [-0.39, 0.29) is 17.8 Å². The van der Waals surface area contributed by atoms with Crippen LogP contribution in [0.4, 0.5) is 0 Å². The molecule has 0 saturated heterocycles. The number of aliphatic hydroxyl groups excluding tert-OH is 1. The standard InChI is InChI=1S/C33H35N3O5S/c1-3-19-33(20-18-22-12-6-5-7-13-22)21-28(37)29(31(38)41-33)23(4-2)24-14-8-9-15-25(24)30-26-16-10-11-17-27(26)35-32(36-30)42(34,39)40/h5-17,23,37H,3-4,18-21H2,1-2H3,(H2,34,39,40). The molecule has 8 nitrogen and oxygen atoms in total. The summed E-state index contributed by atoms with van der Waals surface area (Å²) in [6, 6.07) is 24.5. The van der Waals surface area contributed by atoms with E-state index in [0.717, 1.165) is 24.0 Å². The minimum atomic E-state index is -4.19. The summed E-state index contributed by atoms with van der Waals surface area (Å²) >= 11 is 0. The number of esters is 1. The number of aliphatic hydroxyl groups is 1. The van der Waals surface area contributed by atoms with Crippen molar-refractivity contribution in [1.82, 2.24) is 9.97 Å². The molecule has 1 aromatic heterocycles. The van der Waals surface area contributed by atoms with Crippen molar-refractivity contribution in [3.05, 3.63) is 101 Å². The number of carbonyl (C=O) groups excluding carboxylic acids is 1. The van der Waals surface area contributed by atoms with Gasteiger partial charge in [-0.05, 0) is 42.9 Å². The van der Waals surface area contributed by atoms with Crippen LogP contribution in [0.25, 0.3) is 22.2 Å². The van der Waals surface area contributed by atoms with Crippen molar-refractivity contribution in [3.63, 3.8) is 0 Å². The molecular formula is C33H35N3O5S. The van der Waals surface area contributed by atoms with Crippen molar-refractivity contribution in [2.75, 3.05) is 0 Å². The smallest absolute Gasteiger partial charge is 0.338 e. The van der Waals surface area contributed by atoms with Crippen LogP contribution >= 0.6 is 0 Å². The van der Waals surface area contributed by atoms with Crippen molar-refractivity contribution in [3.8, 4) is 11.3 Å². The molecule has 0 amide bonds. The fourth-order valence-electron chi connectivity index (χ4n) is 6.01. The second-order valence-corrected chi connectivity index (χ2v) is 12.3. The summed E-state index contributed by atoms with van der Waals surface area (Å²) < 4.78 is 30.8. The van der Waals surface area contributed by atoms with Gasteiger partial charge in [-0.2, -0.15) is 0 Å². The molecule has 0 aliphatic carbocycles. The number of hydrogen-bond donors (Lipinski definition) is 2. The van der Waals surface area contributed by atoms with Gasteiger partial charge in [-0.1, -0.05) is 93.1 Å². The number of aromatic nitrogens is 2. The Balaban J connectivity index is 1.58. The highest BCUT2D eigenvalue weighted by atomic mass is 32.2. The van der Waals surface area contributed by atoms with Gasteiger partial charge < -0.3 is 9.84 Å². The van der Waals surface area contributed by atoms with Crippen LogP contribution in [0.2, 0.25) is 0 Å². The zero-order valence-corrected chi connectivity index (χ0v) is 24.6. The number of primary sulfonamides is 1. The number of sulfonamides is 1. The van der Waals surface area contributed by atoms with E-state index in [9.17, 15) is 18.3 Å². The van der Waals surface area contributed by atoms with Crippen LogP contribution in [0.5, 0.6) is 0 Å². The van der Waals surface area contributed by atoms with Gasteiger partial charge in [-0.3, -0.25) is 0 Å². The summed E-state index contributed by atoms with van der Waals surface area (Å²) in [6.45, 7) is 3.98. The zero-order valence-electron chi connectivity index (χ0n) is 23.8. The molecule has 9 heteroatoms. The first-order valence-electron chi connectivity index (χ1n) is 14.2. The van der Waals surface area contributed by atoms with E-state index in [1.807, 2.05) is 80.6 Å². The molecule has 0 radical (unpaired) electrons. The van der Waals surface area contributed by atoms with Gasteiger partial charge in [0.2, 0.25) is 0 Å². The molecule has 0 fully saturated rings. The Bertz CT molecular complexity index is 1750. The number of rotatable bonds is 10. The maximum absolute atomic E-state index is 13.8. The molecular weight excluding hydrogens is 550 g/mol. The minimum absolute atomic E-state index is 0.0344. The van der Waals surface area contributed by atoms with Crippen LogP contribution in [0.3, 0.4) is 0 Å². The fourth-order valence-corrected chi connectivity index (χ4v) is 6.45. The maximum atomic E-state index is 13.8. The molecule has 42 heavy (non-hydrogen) atoms. The number of ether oxygens (including phenoxy) is 1. The number of nitrogens with zero attached hydrogens (tertiary/aromatic N) is 2. The van der Waals surface area contributed by atoms with Crippen LogP contribution < -0.4 is 5.14 Å². The topological polar surface area (TPSA) is 132 Å². The molecule has 3 aromatic carbocycles. The van der Waals surface area contributed by atoms with E-state index < -0.39 is 32.7 Å². The van der Waals surface area contributed by atoms with E-state index in [4.69, 9.17) is 9.88 Å². The summed E-state index contributed by atoms with van der Waals surface area (Å²) in [7, 11) is -4.19. The number of fused-ring (bicyclic) bond motifs is 1. The summed E-state index contributed by atoms with van der Waals surface area (Å²) in [4.78, 5) is 22.3. The SMILES string of the molecule is CCCC1(CCc2ccccc2)CC(O)=C(C(CC)c2ccccc2-c2nc(S(N)(=O)=O)nc3ccccc23)C(=O)O1. The minimum Gasteiger partial charge on any atom is -0.512 e. The maximum Gasteiger partial charge on any atom is 0.338 e. The average molecular weight is 586 g/mol. The summed E-state index contributed by atoms with van der Waals surface area (Å²) in [5.41, 5.74) is 2.73. The van der Waals surface area contributed by atoms with Gasteiger partial charge >= 0.3 is 5.97 Å². The highest BCUT2D eigenvalue weighted by Gasteiger charge is 2.43. The van der Waals surface area contributed by atoms with E-state index in [2.05, 4.69) is 9.97 Å². The van der Waals surface area contributed by atoms with Gasteiger partial charge in [0.25, 0.3) is 15.2 Å². The fraction of sp³-hybridized carbons (Fsp3) is 0.303. The van der Waals surface area contributed by atoms with Crippen molar-refractivity contribution >= 4 is 26.9 Å². The number of cyclic esters (lactones) is 1. The average Bonchev–Trinajstić information content (AvgIpc) is 2.98. The van der Waals surface area contributed by atoms with Crippen molar-refractivity contribution in [1.29, 1.82) is 0 Å². The van der Waals surface area contributed by atoms with Gasteiger partial charge in [-0.15, -0.1) is 0 Å². The van der Waals surface area contributed by atoms with Crippen LogP contribution in [0.1, 0.15) is 63.0 Å². The van der Waals surface area contributed by atoms with Crippen molar-refractivity contribution in [2.24, 2.45) is 5.14 Å². The van der Waals surface area contributed by atoms with Gasteiger partial charge in [0.15, 0.2) is 0 Å². The Morgan fingerprint density at radius 2 is 1.64 bits per heavy atom. The first-order valence-corrected chi connectivity index (χ1v) is 15.8. The first kappa shape index (κ1) is 29.4. The predicted molar refractivity (Wildman–Crippen MR) is 162 cm³/mol. The van der Waals surface area contributed by atoms with Crippen molar-refractivity contribution < 1.29 is 23.1 Å². The Morgan fingerprint density at radius 3 is 2.33 bits per heavy atom. The Morgan fingerprint density at radius 1 is 0.952 bits per heavy atom. The first-order chi connectivity index (χ1) is 20.2. The number of carbonyl (C=O) groups is 1. The quantitative estimate of drug-likeness (QED) is 0.163. The highest BCUT2D eigenvalue weighted by Crippen LogP contribution is 2.44. The number of para-hydroxylation sites is 1. The normalized spacial score (nSPS) is 18.2. The second-order valence-electron chi connectivity index (χ2n) is 10.8. The molecule has 0 spiro atoms. The Labute approximate surface area is 246 Å². The molecule has 0 bridgehead atoms. The van der Waals surface area contributed by atoms with Gasteiger partial charge in [0, 0.05) is 23.3 Å². The highest BCUT2D eigenvalue weighted by molar-refractivity contribution is 7.89. The summed E-state index contributed by atoms with van der Waals surface area (Å²) in [5, 5.41) is 17.1. The number of benzene rings is 3. The molecule has 218 valence electrons. The van der Waals surface area contributed by atoms with Gasteiger partial charge in [0.1, 0.15) is 11.4 Å². The molecule has 2 atom stereocenters. The van der Waals surface area contributed by atoms with Crippen LogP contribution in [0, 0.1) is 0 Å². The number of aryl methyl sites for hydroxylation is 1. The van der Waals surface area contributed by atoms with E-state index in [0.29, 0.717) is 41.4 Å². The van der Waals surface area contributed by atoms with Gasteiger partial charge in [-0.25, -0.2) is 28.3 Å². The molecule has 2 heterocycles. The van der Waals surface area contributed by atoms with E-state index in [1.165, 1.54) is 0 Å². The molecule has 3 N–H and O–H groups in total. The third-order valence-corrected chi connectivity index (χ3v) is 8.62. The van der Waals surface area contributed by atoms with Crippen molar-refractivity contribution in [2.45, 2.75) is 69.0 Å². The van der Waals surface area contributed by atoms with Crippen LogP contribution in [0.15, 0.2) is 95.4 Å². The van der Waals surface area contributed by atoms with E-state index >= 15 is 0 Å². The number of nitrogens with two attached hydrogens (primary N) is 1. The Kier molecular flexibility index (Phi) is 8.43. The molecule has 5 rings (SSSR count). The molecule has 2 unspecified atom stereocenters. The third kappa shape index (κ3) is 5.93. The molecule has 4 aromatic rings. The lowest BCUT2D eigenvalue weighted by molar-refractivity contribution is -0.161. The zero-order chi connectivity index (χ0) is 29.9. The summed E-state index contributed by atoms with van der Waals surface area (Å²) in [5.74, 6) is -1.01. The van der Waals surface area contributed by atoms with Gasteiger partial charge in [0.05, 0.1) is 16.8 Å². The van der Waals surface area contributed by atoms with E-state index in [1.54, 1.807) is 12.1 Å². The largest absolute Gasteiger partial charge is 0.512 e. The lowest BCUT2D eigenvalue weighted by Gasteiger charge is -2.39.